The summed E-state index contributed by atoms with van der Waals surface area (Å²) in [5, 5.41) is 2.18. The van der Waals surface area contributed by atoms with Crippen molar-refractivity contribution in [2.24, 2.45) is 5.73 Å². The minimum absolute atomic E-state index is 0.396. The second-order valence-electron chi connectivity index (χ2n) is 3.44. The van der Waals surface area contributed by atoms with E-state index < -0.39 is 24.9 Å². The fraction of sp³-hybridized carbons (Fsp3) is 0.364. The van der Waals surface area contributed by atoms with E-state index in [4.69, 9.17) is 5.73 Å². The zero-order valence-corrected chi connectivity index (χ0v) is 10.2. The first-order chi connectivity index (χ1) is 8.00. The van der Waals surface area contributed by atoms with Gasteiger partial charge in [-0.2, -0.15) is 0 Å². The fourth-order valence-corrected chi connectivity index (χ4v) is 1.80. The Morgan fingerprint density at radius 2 is 2.12 bits per heavy atom. The van der Waals surface area contributed by atoms with E-state index in [9.17, 15) is 13.6 Å². The van der Waals surface area contributed by atoms with E-state index in [1.807, 2.05) is 6.26 Å². The van der Waals surface area contributed by atoms with Crippen LogP contribution < -0.4 is 11.1 Å². The van der Waals surface area contributed by atoms with Crippen LogP contribution in [0.2, 0.25) is 0 Å². The summed E-state index contributed by atoms with van der Waals surface area (Å²) in [5.41, 5.74) is 5.28. The highest BCUT2D eigenvalue weighted by molar-refractivity contribution is 7.98. The third-order valence-electron chi connectivity index (χ3n) is 2.16. The van der Waals surface area contributed by atoms with Crippen LogP contribution in [0.3, 0.4) is 0 Å². The van der Waals surface area contributed by atoms with Crippen molar-refractivity contribution in [1.29, 1.82) is 0 Å². The Bertz CT molecular complexity index is 399. The van der Waals surface area contributed by atoms with E-state index in [1.165, 1.54) is 11.8 Å². The number of hydrogen-bond donors (Lipinski definition) is 2. The van der Waals surface area contributed by atoms with Crippen molar-refractivity contribution in [3.8, 4) is 0 Å². The van der Waals surface area contributed by atoms with Crippen molar-refractivity contribution >= 4 is 17.7 Å². The first-order valence-corrected chi connectivity index (χ1v) is 6.22. The number of rotatable bonds is 5. The third kappa shape index (κ3) is 3.98. The van der Waals surface area contributed by atoms with Crippen molar-refractivity contribution in [3.63, 3.8) is 0 Å². The number of amides is 1. The maximum atomic E-state index is 12.9. The number of carbonyl (C=O) groups is 1. The van der Waals surface area contributed by atoms with Crippen molar-refractivity contribution in [2.45, 2.75) is 10.8 Å². The van der Waals surface area contributed by atoms with E-state index in [-0.39, 0.29) is 0 Å². The molecule has 1 aromatic carbocycles. The van der Waals surface area contributed by atoms with Gasteiger partial charge >= 0.3 is 0 Å². The van der Waals surface area contributed by atoms with Gasteiger partial charge in [-0.25, -0.2) is 8.78 Å². The minimum atomic E-state index is -3.07. The Morgan fingerprint density at radius 3 is 2.71 bits per heavy atom. The van der Waals surface area contributed by atoms with Gasteiger partial charge in [0.15, 0.2) is 0 Å². The predicted molar refractivity (Wildman–Crippen MR) is 64.6 cm³/mol. The summed E-state index contributed by atoms with van der Waals surface area (Å²) < 4.78 is 25.7. The van der Waals surface area contributed by atoms with Crippen molar-refractivity contribution in [1.82, 2.24) is 5.32 Å². The van der Waals surface area contributed by atoms with Crippen molar-refractivity contribution in [2.75, 3.05) is 19.3 Å². The normalized spacial score (nSPS) is 11.3. The summed E-state index contributed by atoms with van der Waals surface area (Å²) in [7, 11) is 0. The first-order valence-electron chi connectivity index (χ1n) is 4.99. The molecule has 17 heavy (non-hydrogen) atoms. The van der Waals surface area contributed by atoms with Gasteiger partial charge in [0.2, 0.25) is 0 Å². The molecule has 0 radical (unpaired) electrons. The Hall–Kier alpha value is -1.14. The Kier molecular flexibility index (Phi) is 4.89. The van der Waals surface area contributed by atoms with Gasteiger partial charge in [0.25, 0.3) is 11.8 Å². The lowest BCUT2D eigenvalue weighted by Crippen LogP contribution is -2.41. The summed E-state index contributed by atoms with van der Waals surface area (Å²) >= 11 is 1.39. The number of nitrogens with two attached hydrogens (primary N) is 1. The molecule has 0 aromatic heterocycles. The van der Waals surface area contributed by atoms with E-state index in [1.54, 1.807) is 24.3 Å². The van der Waals surface area contributed by atoms with Gasteiger partial charge in [0, 0.05) is 4.90 Å². The smallest absolute Gasteiger partial charge is 0.277 e. The van der Waals surface area contributed by atoms with E-state index in [0.29, 0.717) is 5.56 Å². The van der Waals surface area contributed by atoms with Crippen molar-refractivity contribution < 1.29 is 13.6 Å². The van der Waals surface area contributed by atoms with Crippen LogP contribution in [0.25, 0.3) is 0 Å². The Labute approximate surface area is 103 Å². The number of alkyl halides is 2. The molecule has 1 aromatic rings. The monoisotopic (exact) mass is 260 g/mol. The summed E-state index contributed by atoms with van der Waals surface area (Å²) in [6, 6.07) is 6.84. The standard InChI is InChI=1S/C11H14F2N2OS/c1-17-9-5-3-2-4-8(9)10(16)15-7-11(12,13)6-14/h2-5H,6-7,14H2,1H3,(H,15,16). The van der Waals surface area contributed by atoms with Gasteiger partial charge in [-0.3, -0.25) is 4.79 Å². The number of benzene rings is 1. The predicted octanol–water partition coefficient (Wildman–Crippen LogP) is 1.73. The molecule has 0 saturated carbocycles. The molecule has 0 fully saturated rings. The molecule has 1 amide bonds. The van der Waals surface area contributed by atoms with E-state index in [0.717, 1.165) is 4.90 Å². The highest BCUT2D eigenvalue weighted by Crippen LogP contribution is 2.19. The molecule has 94 valence electrons. The second-order valence-corrected chi connectivity index (χ2v) is 4.29. The molecule has 0 spiro atoms. The Morgan fingerprint density at radius 1 is 1.47 bits per heavy atom. The summed E-state index contributed by atoms with van der Waals surface area (Å²) in [4.78, 5) is 12.4. The maximum absolute atomic E-state index is 12.9. The van der Waals surface area contributed by atoms with Crippen LogP contribution in [0, 0.1) is 0 Å². The van der Waals surface area contributed by atoms with Crippen LogP contribution >= 0.6 is 11.8 Å². The summed E-state index contributed by atoms with van der Waals surface area (Å²) in [6.45, 7) is -1.53. The number of thioether (sulfide) groups is 1. The molecular weight excluding hydrogens is 246 g/mol. The molecule has 0 atom stereocenters. The highest BCUT2D eigenvalue weighted by atomic mass is 32.2. The maximum Gasteiger partial charge on any atom is 0.277 e. The van der Waals surface area contributed by atoms with Crippen LogP contribution in [0.15, 0.2) is 29.2 Å². The lowest BCUT2D eigenvalue weighted by Gasteiger charge is -2.15. The molecule has 3 nitrogen and oxygen atoms in total. The quantitative estimate of drug-likeness (QED) is 0.793. The molecule has 6 heteroatoms. The van der Waals surface area contributed by atoms with Crippen LogP contribution in [0.4, 0.5) is 8.78 Å². The average Bonchev–Trinajstić information content (AvgIpc) is 2.36. The van der Waals surface area contributed by atoms with Gasteiger partial charge in [-0.05, 0) is 18.4 Å². The summed E-state index contributed by atoms with van der Waals surface area (Å²) in [5.74, 6) is -3.58. The van der Waals surface area contributed by atoms with Gasteiger partial charge in [-0.15, -0.1) is 11.8 Å². The van der Waals surface area contributed by atoms with Gasteiger partial charge < -0.3 is 11.1 Å². The lowest BCUT2D eigenvalue weighted by atomic mass is 10.2. The zero-order chi connectivity index (χ0) is 12.9. The van der Waals surface area contributed by atoms with Gasteiger partial charge in [0.05, 0.1) is 18.7 Å². The third-order valence-corrected chi connectivity index (χ3v) is 2.95. The largest absolute Gasteiger partial charge is 0.346 e. The van der Waals surface area contributed by atoms with E-state index in [2.05, 4.69) is 5.32 Å². The molecule has 0 heterocycles. The molecule has 0 aliphatic heterocycles. The number of carbonyl (C=O) groups excluding carboxylic acids is 1. The molecule has 0 bridgehead atoms. The minimum Gasteiger partial charge on any atom is -0.346 e. The van der Waals surface area contributed by atoms with Gasteiger partial charge in [0.1, 0.15) is 0 Å². The molecular formula is C11H14F2N2OS. The van der Waals surface area contributed by atoms with Crippen LogP contribution in [0.5, 0.6) is 0 Å². The molecule has 3 N–H and O–H groups in total. The van der Waals surface area contributed by atoms with Crippen molar-refractivity contribution in [3.05, 3.63) is 29.8 Å². The number of hydrogen-bond acceptors (Lipinski definition) is 3. The lowest BCUT2D eigenvalue weighted by molar-refractivity contribution is 0.0118. The van der Waals surface area contributed by atoms with E-state index >= 15 is 0 Å². The highest BCUT2D eigenvalue weighted by Gasteiger charge is 2.27. The first kappa shape index (κ1) is 13.9. The van der Waals surface area contributed by atoms with Crippen LogP contribution in [0.1, 0.15) is 10.4 Å². The molecule has 0 unspecified atom stereocenters. The number of nitrogens with one attached hydrogen (secondary N) is 1. The second kappa shape index (κ2) is 5.97. The molecule has 1 rings (SSSR count). The van der Waals surface area contributed by atoms with Crippen LogP contribution in [-0.2, 0) is 0 Å². The number of halogens is 2. The fourth-order valence-electron chi connectivity index (χ4n) is 1.21. The zero-order valence-electron chi connectivity index (χ0n) is 9.37. The Balaban J connectivity index is 2.70. The summed E-state index contributed by atoms with van der Waals surface area (Å²) in [6.07, 6.45) is 1.82. The molecule has 0 aliphatic rings. The average molecular weight is 260 g/mol. The van der Waals surface area contributed by atoms with Crippen LogP contribution in [-0.4, -0.2) is 31.2 Å². The molecule has 0 aliphatic carbocycles. The molecule has 0 saturated heterocycles. The topological polar surface area (TPSA) is 55.1 Å². The van der Waals surface area contributed by atoms with Gasteiger partial charge in [-0.1, -0.05) is 12.1 Å². The SMILES string of the molecule is CSc1ccccc1C(=O)NCC(F)(F)CN.